The molecule has 0 aliphatic rings. The summed E-state index contributed by atoms with van der Waals surface area (Å²) in [5, 5.41) is 6.86. The Kier molecular flexibility index (Phi) is 2.82. The lowest BCUT2D eigenvalue weighted by atomic mass is 10.1. The highest BCUT2D eigenvalue weighted by Gasteiger charge is 2.10. The number of carbonyl (C=O) groups excluding carboxylic acids is 1. The third-order valence-corrected chi connectivity index (χ3v) is 2.56. The van der Waals surface area contributed by atoms with Crippen LogP contribution in [0.1, 0.15) is 16.1 Å². The highest BCUT2D eigenvalue weighted by atomic mass is 16.1. The molecule has 5 heteroatoms. The number of nitrogens with zero attached hydrogens (tertiary/aromatic N) is 2. The number of rotatable bonds is 2. The van der Waals surface area contributed by atoms with E-state index in [2.05, 4.69) is 10.4 Å². The highest BCUT2D eigenvalue weighted by molar-refractivity contribution is 6.07. The van der Waals surface area contributed by atoms with Crippen molar-refractivity contribution in [2.75, 3.05) is 11.1 Å². The average Bonchev–Trinajstić information content (AvgIpc) is 2.58. The van der Waals surface area contributed by atoms with Gasteiger partial charge in [0.15, 0.2) is 5.82 Å². The van der Waals surface area contributed by atoms with E-state index < -0.39 is 0 Å². The number of nitrogen functional groups attached to an aromatic ring is 1. The van der Waals surface area contributed by atoms with Crippen molar-refractivity contribution in [1.82, 2.24) is 9.78 Å². The number of carbonyl (C=O) groups is 1. The minimum Gasteiger partial charge on any atom is -0.398 e. The number of nitrogens with two attached hydrogens (primary N) is 1. The van der Waals surface area contributed by atoms with Crippen molar-refractivity contribution in [2.24, 2.45) is 7.05 Å². The number of aromatic nitrogens is 2. The monoisotopic (exact) mass is 230 g/mol. The molecule has 0 bridgehead atoms. The van der Waals surface area contributed by atoms with E-state index in [4.69, 9.17) is 5.73 Å². The molecule has 0 radical (unpaired) electrons. The van der Waals surface area contributed by atoms with Crippen molar-refractivity contribution in [2.45, 2.75) is 6.92 Å². The molecule has 2 rings (SSSR count). The van der Waals surface area contributed by atoms with Gasteiger partial charge in [0.2, 0.25) is 0 Å². The van der Waals surface area contributed by atoms with Crippen LogP contribution in [0, 0.1) is 6.92 Å². The van der Waals surface area contributed by atoms with Gasteiger partial charge in [0.05, 0.1) is 5.56 Å². The van der Waals surface area contributed by atoms with Crippen LogP contribution in [0.3, 0.4) is 0 Å². The minimum atomic E-state index is -0.249. The third-order valence-electron chi connectivity index (χ3n) is 2.56. The molecule has 1 aromatic carbocycles. The number of amides is 1. The molecule has 0 spiro atoms. The number of hydrogen-bond acceptors (Lipinski definition) is 3. The first kappa shape index (κ1) is 11.2. The smallest absolute Gasteiger partial charge is 0.258 e. The van der Waals surface area contributed by atoms with Crippen LogP contribution in [0.15, 0.2) is 30.3 Å². The molecule has 2 aromatic rings. The first-order chi connectivity index (χ1) is 8.08. The van der Waals surface area contributed by atoms with E-state index in [-0.39, 0.29) is 5.91 Å². The van der Waals surface area contributed by atoms with Gasteiger partial charge in [0, 0.05) is 24.5 Å². The Hall–Kier alpha value is -2.30. The first-order valence-corrected chi connectivity index (χ1v) is 5.24. The molecule has 0 saturated carbocycles. The molecule has 0 fully saturated rings. The molecule has 1 aromatic heterocycles. The minimum absolute atomic E-state index is 0.249. The van der Waals surface area contributed by atoms with Gasteiger partial charge in [-0.3, -0.25) is 9.48 Å². The number of aryl methyl sites for hydroxylation is 2. The summed E-state index contributed by atoms with van der Waals surface area (Å²) < 4.78 is 1.70. The van der Waals surface area contributed by atoms with Crippen molar-refractivity contribution in [1.29, 1.82) is 0 Å². The van der Waals surface area contributed by atoms with Crippen LogP contribution < -0.4 is 11.1 Å². The molecule has 5 nitrogen and oxygen atoms in total. The zero-order valence-corrected chi connectivity index (χ0v) is 9.77. The van der Waals surface area contributed by atoms with Crippen LogP contribution in [0.25, 0.3) is 0 Å². The van der Waals surface area contributed by atoms with Gasteiger partial charge in [-0.25, -0.2) is 0 Å². The summed E-state index contributed by atoms with van der Waals surface area (Å²) in [6.45, 7) is 1.92. The summed E-state index contributed by atoms with van der Waals surface area (Å²) in [6, 6.07) is 8.74. The van der Waals surface area contributed by atoms with Crippen molar-refractivity contribution in [3.8, 4) is 0 Å². The number of para-hydroxylation sites is 1. The van der Waals surface area contributed by atoms with Crippen LogP contribution >= 0.6 is 0 Å². The predicted molar refractivity (Wildman–Crippen MR) is 66.8 cm³/mol. The van der Waals surface area contributed by atoms with Crippen LogP contribution in [0.2, 0.25) is 0 Å². The summed E-state index contributed by atoms with van der Waals surface area (Å²) in [7, 11) is 1.82. The highest BCUT2D eigenvalue weighted by Crippen LogP contribution is 2.13. The number of benzene rings is 1. The molecule has 0 aliphatic carbocycles. The molecule has 0 aliphatic heterocycles. The largest absolute Gasteiger partial charge is 0.398 e. The maximum Gasteiger partial charge on any atom is 0.258 e. The van der Waals surface area contributed by atoms with Gasteiger partial charge in [-0.1, -0.05) is 12.1 Å². The lowest BCUT2D eigenvalue weighted by Gasteiger charge is -2.04. The molecular weight excluding hydrogens is 216 g/mol. The van der Waals surface area contributed by atoms with Gasteiger partial charge in [-0.15, -0.1) is 0 Å². The predicted octanol–water partition coefficient (Wildman–Crippen LogP) is 1.56. The van der Waals surface area contributed by atoms with Crippen molar-refractivity contribution in [3.05, 3.63) is 41.6 Å². The van der Waals surface area contributed by atoms with Gasteiger partial charge in [0.1, 0.15) is 0 Å². The Morgan fingerprint density at radius 2 is 2.12 bits per heavy atom. The van der Waals surface area contributed by atoms with E-state index in [1.807, 2.05) is 14.0 Å². The van der Waals surface area contributed by atoms with Crippen LogP contribution in [0.4, 0.5) is 11.5 Å². The van der Waals surface area contributed by atoms with E-state index in [9.17, 15) is 4.79 Å². The second kappa shape index (κ2) is 4.29. The lowest BCUT2D eigenvalue weighted by molar-refractivity contribution is 0.102. The van der Waals surface area contributed by atoms with Gasteiger partial charge in [-0.05, 0) is 19.1 Å². The van der Waals surface area contributed by atoms with Crippen molar-refractivity contribution in [3.63, 3.8) is 0 Å². The maximum atomic E-state index is 11.9. The van der Waals surface area contributed by atoms with E-state index in [1.165, 1.54) is 0 Å². The normalized spacial score (nSPS) is 10.2. The molecule has 0 saturated heterocycles. The summed E-state index contributed by atoms with van der Waals surface area (Å²) in [4.78, 5) is 11.9. The number of hydrogen-bond donors (Lipinski definition) is 2. The molecule has 1 amide bonds. The van der Waals surface area contributed by atoms with Crippen LogP contribution in [-0.4, -0.2) is 15.7 Å². The fourth-order valence-electron chi connectivity index (χ4n) is 1.51. The number of anilines is 2. The van der Waals surface area contributed by atoms with E-state index in [0.29, 0.717) is 17.1 Å². The zero-order chi connectivity index (χ0) is 12.4. The van der Waals surface area contributed by atoms with E-state index >= 15 is 0 Å². The van der Waals surface area contributed by atoms with Crippen molar-refractivity contribution < 1.29 is 4.79 Å². The summed E-state index contributed by atoms with van der Waals surface area (Å²) in [5.74, 6) is 0.277. The fraction of sp³-hybridized carbons (Fsp3) is 0.167. The summed E-state index contributed by atoms with van der Waals surface area (Å²) in [6.07, 6.45) is 0. The second-order valence-corrected chi connectivity index (χ2v) is 3.84. The third kappa shape index (κ3) is 2.28. The summed E-state index contributed by atoms with van der Waals surface area (Å²) >= 11 is 0. The second-order valence-electron chi connectivity index (χ2n) is 3.84. The molecule has 17 heavy (non-hydrogen) atoms. The van der Waals surface area contributed by atoms with Gasteiger partial charge >= 0.3 is 0 Å². The lowest BCUT2D eigenvalue weighted by Crippen LogP contribution is -2.14. The zero-order valence-electron chi connectivity index (χ0n) is 9.77. The van der Waals surface area contributed by atoms with E-state index in [1.54, 1.807) is 35.0 Å². The molecular formula is C12H14N4O. The van der Waals surface area contributed by atoms with Gasteiger partial charge < -0.3 is 11.1 Å². The topological polar surface area (TPSA) is 72.9 Å². The Morgan fingerprint density at radius 3 is 2.71 bits per heavy atom. The first-order valence-electron chi connectivity index (χ1n) is 5.24. The Morgan fingerprint density at radius 1 is 1.41 bits per heavy atom. The quantitative estimate of drug-likeness (QED) is 0.769. The maximum absolute atomic E-state index is 11.9. The fourth-order valence-corrected chi connectivity index (χ4v) is 1.51. The van der Waals surface area contributed by atoms with Gasteiger partial charge in [0.25, 0.3) is 5.91 Å². The van der Waals surface area contributed by atoms with Crippen LogP contribution in [-0.2, 0) is 7.05 Å². The molecule has 1 heterocycles. The standard InChI is InChI=1S/C12H14N4O/c1-8-7-11(15-16(8)2)14-12(17)9-5-3-4-6-10(9)13/h3-7H,13H2,1-2H3,(H,14,15,17). The average molecular weight is 230 g/mol. The van der Waals surface area contributed by atoms with Gasteiger partial charge in [-0.2, -0.15) is 5.10 Å². The Balaban J connectivity index is 2.20. The SMILES string of the molecule is Cc1cc(NC(=O)c2ccccc2N)nn1C. The van der Waals surface area contributed by atoms with E-state index in [0.717, 1.165) is 5.69 Å². The molecule has 0 atom stereocenters. The molecule has 88 valence electrons. The summed E-state index contributed by atoms with van der Waals surface area (Å²) in [5.41, 5.74) is 7.61. The number of nitrogens with one attached hydrogen (secondary N) is 1. The molecule has 0 unspecified atom stereocenters. The van der Waals surface area contributed by atoms with Crippen molar-refractivity contribution >= 4 is 17.4 Å². The Labute approximate surface area is 99.2 Å². The Bertz CT molecular complexity index is 540. The molecule has 3 N–H and O–H groups in total. The van der Waals surface area contributed by atoms with Crippen LogP contribution in [0.5, 0.6) is 0 Å².